The van der Waals surface area contributed by atoms with Gasteiger partial charge in [0.05, 0.1) is 13.2 Å². The standard InChI is InChI=1S/C17H24O4/c1-5-9-13-12-14(19-7-3)10-11-16(13)21-15(6-2)17(18)20-8-4/h5,10-12,15H,1,6-9H2,2-4H3. The number of allylic oxidation sites excluding steroid dienone is 1. The Morgan fingerprint density at radius 2 is 2.05 bits per heavy atom. The van der Waals surface area contributed by atoms with E-state index >= 15 is 0 Å². The average molecular weight is 292 g/mol. The largest absolute Gasteiger partial charge is 0.494 e. The second-order valence-electron chi connectivity index (χ2n) is 4.46. The molecule has 0 bridgehead atoms. The topological polar surface area (TPSA) is 44.8 Å². The Kier molecular flexibility index (Phi) is 7.37. The normalized spacial score (nSPS) is 11.6. The molecule has 0 fully saturated rings. The number of carbonyl (C=O) groups is 1. The summed E-state index contributed by atoms with van der Waals surface area (Å²) in [6.07, 6.45) is 2.41. The van der Waals surface area contributed by atoms with E-state index in [1.807, 2.05) is 32.0 Å². The lowest BCUT2D eigenvalue weighted by atomic mass is 10.1. The SMILES string of the molecule is C=CCc1cc(OCC)ccc1OC(CC)C(=O)OCC. The maximum Gasteiger partial charge on any atom is 0.347 e. The summed E-state index contributed by atoms with van der Waals surface area (Å²) in [5.74, 6) is 1.11. The molecule has 1 aromatic rings. The summed E-state index contributed by atoms with van der Waals surface area (Å²) in [6, 6.07) is 5.58. The molecule has 0 N–H and O–H groups in total. The Labute approximate surface area is 126 Å². The molecule has 1 unspecified atom stereocenters. The molecule has 0 aliphatic rings. The predicted molar refractivity (Wildman–Crippen MR) is 82.9 cm³/mol. The molecule has 1 aromatic carbocycles. The van der Waals surface area contributed by atoms with Crippen LogP contribution >= 0.6 is 0 Å². The number of carbonyl (C=O) groups excluding carboxylic acids is 1. The van der Waals surface area contributed by atoms with Gasteiger partial charge in [-0.2, -0.15) is 0 Å². The quantitative estimate of drug-likeness (QED) is 0.516. The van der Waals surface area contributed by atoms with Crippen LogP contribution in [-0.4, -0.2) is 25.3 Å². The van der Waals surface area contributed by atoms with Crippen LogP contribution in [0, 0.1) is 0 Å². The van der Waals surface area contributed by atoms with Crippen molar-refractivity contribution in [3.8, 4) is 11.5 Å². The lowest BCUT2D eigenvalue weighted by Gasteiger charge is -2.18. The summed E-state index contributed by atoms with van der Waals surface area (Å²) in [4.78, 5) is 11.8. The van der Waals surface area contributed by atoms with Gasteiger partial charge in [-0.15, -0.1) is 6.58 Å². The zero-order valence-corrected chi connectivity index (χ0v) is 13.1. The number of rotatable bonds is 9. The van der Waals surface area contributed by atoms with Crippen LogP contribution in [0.3, 0.4) is 0 Å². The third kappa shape index (κ3) is 5.14. The van der Waals surface area contributed by atoms with Crippen molar-refractivity contribution >= 4 is 5.97 Å². The molecule has 1 atom stereocenters. The minimum Gasteiger partial charge on any atom is -0.494 e. The van der Waals surface area contributed by atoms with Crippen LogP contribution in [-0.2, 0) is 16.0 Å². The van der Waals surface area contributed by atoms with Gasteiger partial charge in [-0.25, -0.2) is 4.79 Å². The second kappa shape index (κ2) is 9.06. The summed E-state index contributed by atoms with van der Waals surface area (Å²) < 4.78 is 16.3. The maximum atomic E-state index is 11.8. The maximum absolute atomic E-state index is 11.8. The highest BCUT2D eigenvalue weighted by Crippen LogP contribution is 2.26. The Bertz CT molecular complexity index is 468. The molecule has 0 heterocycles. The smallest absolute Gasteiger partial charge is 0.347 e. The molecule has 0 aromatic heterocycles. The zero-order valence-electron chi connectivity index (χ0n) is 13.1. The van der Waals surface area contributed by atoms with E-state index in [0.717, 1.165) is 11.3 Å². The first-order valence-electron chi connectivity index (χ1n) is 7.36. The van der Waals surface area contributed by atoms with Crippen molar-refractivity contribution in [2.75, 3.05) is 13.2 Å². The first kappa shape index (κ1) is 17.1. The molecule has 0 amide bonds. The van der Waals surface area contributed by atoms with Crippen LogP contribution in [0.4, 0.5) is 0 Å². The molecule has 0 spiro atoms. The third-order valence-corrected chi connectivity index (χ3v) is 2.90. The highest BCUT2D eigenvalue weighted by molar-refractivity contribution is 5.75. The molecule has 4 nitrogen and oxygen atoms in total. The van der Waals surface area contributed by atoms with Crippen molar-refractivity contribution < 1.29 is 19.0 Å². The lowest BCUT2D eigenvalue weighted by Crippen LogP contribution is -2.29. The van der Waals surface area contributed by atoms with Crippen LogP contribution in [0.1, 0.15) is 32.8 Å². The van der Waals surface area contributed by atoms with Crippen LogP contribution in [0.15, 0.2) is 30.9 Å². The number of hydrogen-bond donors (Lipinski definition) is 0. The van der Waals surface area contributed by atoms with E-state index < -0.39 is 6.10 Å². The average Bonchev–Trinajstić information content (AvgIpc) is 2.47. The van der Waals surface area contributed by atoms with Gasteiger partial charge in [-0.05, 0) is 44.9 Å². The van der Waals surface area contributed by atoms with Gasteiger partial charge in [-0.3, -0.25) is 0 Å². The van der Waals surface area contributed by atoms with Crippen molar-refractivity contribution in [1.82, 2.24) is 0 Å². The summed E-state index contributed by atoms with van der Waals surface area (Å²) in [5.41, 5.74) is 0.943. The van der Waals surface area contributed by atoms with Gasteiger partial charge in [-0.1, -0.05) is 13.0 Å². The summed E-state index contributed by atoms with van der Waals surface area (Å²) in [6.45, 7) is 10.3. The van der Waals surface area contributed by atoms with Gasteiger partial charge in [0.25, 0.3) is 0 Å². The van der Waals surface area contributed by atoms with E-state index in [1.165, 1.54) is 0 Å². The summed E-state index contributed by atoms with van der Waals surface area (Å²) in [7, 11) is 0. The van der Waals surface area contributed by atoms with Gasteiger partial charge < -0.3 is 14.2 Å². The first-order chi connectivity index (χ1) is 10.2. The van der Waals surface area contributed by atoms with E-state index in [1.54, 1.807) is 13.0 Å². The Morgan fingerprint density at radius 1 is 1.29 bits per heavy atom. The first-order valence-corrected chi connectivity index (χ1v) is 7.36. The Morgan fingerprint density at radius 3 is 2.62 bits per heavy atom. The van der Waals surface area contributed by atoms with E-state index in [0.29, 0.717) is 31.8 Å². The van der Waals surface area contributed by atoms with E-state index in [2.05, 4.69) is 6.58 Å². The molecule has 21 heavy (non-hydrogen) atoms. The van der Waals surface area contributed by atoms with Crippen LogP contribution < -0.4 is 9.47 Å². The minimum absolute atomic E-state index is 0.335. The van der Waals surface area contributed by atoms with Gasteiger partial charge in [0.15, 0.2) is 6.10 Å². The fourth-order valence-electron chi connectivity index (χ4n) is 1.93. The van der Waals surface area contributed by atoms with Crippen LogP contribution in [0.25, 0.3) is 0 Å². The monoisotopic (exact) mass is 292 g/mol. The molecule has 0 radical (unpaired) electrons. The highest BCUT2D eigenvalue weighted by atomic mass is 16.6. The van der Waals surface area contributed by atoms with Crippen molar-refractivity contribution in [2.24, 2.45) is 0 Å². The van der Waals surface area contributed by atoms with Crippen molar-refractivity contribution in [3.63, 3.8) is 0 Å². The highest BCUT2D eigenvalue weighted by Gasteiger charge is 2.20. The number of ether oxygens (including phenoxy) is 3. The molecular formula is C17H24O4. The number of esters is 1. The number of hydrogen-bond acceptors (Lipinski definition) is 4. The van der Waals surface area contributed by atoms with Gasteiger partial charge >= 0.3 is 5.97 Å². The second-order valence-corrected chi connectivity index (χ2v) is 4.46. The molecule has 0 aliphatic carbocycles. The van der Waals surface area contributed by atoms with Crippen molar-refractivity contribution in [2.45, 2.75) is 39.7 Å². The van der Waals surface area contributed by atoms with Gasteiger partial charge in [0, 0.05) is 5.56 Å². The number of benzene rings is 1. The Balaban J connectivity index is 2.93. The molecule has 116 valence electrons. The Hall–Kier alpha value is -1.97. The molecular weight excluding hydrogens is 268 g/mol. The van der Waals surface area contributed by atoms with Gasteiger partial charge in [0.2, 0.25) is 0 Å². The zero-order chi connectivity index (χ0) is 15.7. The van der Waals surface area contributed by atoms with Crippen LogP contribution in [0.2, 0.25) is 0 Å². The van der Waals surface area contributed by atoms with Crippen molar-refractivity contribution in [3.05, 3.63) is 36.4 Å². The van der Waals surface area contributed by atoms with E-state index in [9.17, 15) is 4.79 Å². The summed E-state index contributed by atoms with van der Waals surface area (Å²) in [5, 5.41) is 0. The van der Waals surface area contributed by atoms with E-state index in [4.69, 9.17) is 14.2 Å². The fraction of sp³-hybridized carbons (Fsp3) is 0.471. The van der Waals surface area contributed by atoms with Gasteiger partial charge in [0.1, 0.15) is 11.5 Å². The lowest BCUT2D eigenvalue weighted by molar-refractivity contribution is -0.151. The predicted octanol–water partition coefficient (Wildman–Crippen LogP) is 3.53. The summed E-state index contributed by atoms with van der Waals surface area (Å²) >= 11 is 0. The molecule has 4 heteroatoms. The van der Waals surface area contributed by atoms with Crippen molar-refractivity contribution in [1.29, 1.82) is 0 Å². The fourth-order valence-corrected chi connectivity index (χ4v) is 1.93. The molecule has 0 saturated carbocycles. The molecule has 0 aliphatic heterocycles. The molecule has 0 saturated heterocycles. The molecule has 1 rings (SSSR count). The van der Waals surface area contributed by atoms with Crippen LogP contribution in [0.5, 0.6) is 11.5 Å². The minimum atomic E-state index is -0.591. The van der Waals surface area contributed by atoms with E-state index in [-0.39, 0.29) is 5.97 Å². The third-order valence-electron chi connectivity index (χ3n) is 2.90.